The van der Waals surface area contributed by atoms with Crippen LogP contribution in [0.5, 0.6) is 0 Å². The van der Waals surface area contributed by atoms with Crippen LogP contribution in [0.3, 0.4) is 0 Å². The third-order valence-corrected chi connectivity index (χ3v) is 2.16. The Morgan fingerprint density at radius 1 is 1.35 bits per heavy atom. The van der Waals surface area contributed by atoms with Gasteiger partial charge in [-0.15, -0.1) is 0 Å². The summed E-state index contributed by atoms with van der Waals surface area (Å²) in [6.45, 7) is 1.89. The Balaban J connectivity index is 2.69. The van der Waals surface area contributed by atoms with Gasteiger partial charge in [0, 0.05) is 13.5 Å². The van der Waals surface area contributed by atoms with Crippen LogP contribution in [0.25, 0.3) is 6.08 Å². The van der Waals surface area contributed by atoms with E-state index in [1.54, 1.807) is 12.1 Å². The number of amides is 1. The fourth-order valence-electron chi connectivity index (χ4n) is 1.41. The van der Waals surface area contributed by atoms with E-state index in [0.29, 0.717) is 6.54 Å². The van der Waals surface area contributed by atoms with Crippen LogP contribution >= 0.6 is 0 Å². The molecule has 0 aliphatic carbocycles. The molecule has 0 saturated carbocycles. The van der Waals surface area contributed by atoms with Gasteiger partial charge in [-0.1, -0.05) is 36.4 Å². The van der Waals surface area contributed by atoms with Crippen LogP contribution in [0, 0.1) is 0 Å². The van der Waals surface area contributed by atoms with E-state index in [1.807, 2.05) is 24.3 Å². The zero-order valence-electron chi connectivity index (χ0n) is 9.64. The molecule has 0 unspecified atom stereocenters. The third kappa shape index (κ3) is 4.97. The van der Waals surface area contributed by atoms with Gasteiger partial charge < -0.3 is 10.4 Å². The third-order valence-electron chi connectivity index (χ3n) is 2.16. The molecule has 0 fully saturated rings. The van der Waals surface area contributed by atoms with Gasteiger partial charge in [-0.3, -0.25) is 9.59 Å². The predicted octanol–water partition coefficient (Wildman–Crippen LogP) is 1.46. The van der Waals surface area contributed by atoms with Crippen molar-refractivity contribution in [3.63, 3.8) is 0 Å². The summed E-state index contributed by atoms with van der Waals surface area (Å²) in [5.74, 6) is -0.943. The van der Waals surface area contributed by atoms with Crippen molar-refractivity contribution in [2.75, 3.05) is 6.54 Å². The fraction of sp³-hybridized carbons (Fsp3) is 0.231. The topological polar surface area (TPSA) is 66.4 Å². The molecule has 0 saturated heterocycles. The molecule has 0 bridgehead atoms. The van der Waals surface area contributed by atoms with Gasteiger partial charge in [0.15, 0.2) is 0 Å². The number of carbonyl (C=O) groups is 2. The van der Waals surface area contributed by atoms with E-state index in [2.05, 4.69) is 5.32 Å². The second-order valence-electron chi connectivity index (χ2n) is 3.61. The lowest BCUT2D eigenvalue weighted by atomic mass is 10.0. The highest BCUT2D eigenvalue weighted by Gasteiger charge is 2.03. The molecule has 0 aliphatic rings. The summed E-state index contributed by atoms with van der Waals surface area (Å²) in [6.07, 6.45) is 3.61. The molecule has 2 N–H and O–H groups in total. The fourth-order valence-corrected chi connectivity index (χ4v) is 1.41. The largest absolute Gasteiger partial charge is 0.481 e. The molecule has 0 aliphatic heterocycles. The quantitative estimate of drug-likeness (QED) is 0.809. The van der Waals surface area contributed by atoms with Crippen LogP contribution in [-0.4, -0.2) is 23.5 Å². The Labute approximate surface area is 100.0 Å². The zero-order valence-corrected chi connectivity index (χ0v) is 9.64. The number of hydrogen-bond donors (Lipinski definition) is 2. The lowest BCUT2D eigenvalue weighted by molar-refractivity contribution is -0.136. The Kier molecular flexibility index (Phi) is 4.94. The summed E-state index contributed by atoms with van der Waals surface area (Å²) in [6, 6.07) is 7.29. The molecule has 90 valence electrons. The Morgan fingerprint density at radius 2 is 2.06 bits per heavy atom. The van der Waals surface area contributed by atoms with Crippen molar-refractivity contribution in [2.24, 2.45) is 0 Å². The number of rotatable bonds is 5. The molecule has 0 aromatic heterocycles. The minimum Gasteiger partial charge on any atom is -0.481 e. The number of hydrogen-bond acceptors (Lipinski definition) is 2. The Hall–Kier alpha value is -2.10. The van der Waals surface area contributed by atoms with E-state index in [1.165, 1.54) is 6.92 Å². The van der Waals surface area contributed by atoms with Crippen LogP contribution in [0.1, 0.15) is 18.1 Å². The molecule has 0 atom stereocenters. The highest BCUT2D eigenvalue weighted by molar-refractivity contribution is 5.74. The van der Waals surface area contributed by atoms with E-state index in [-0.39, 0.29) is 12.3 Å². The lowest BCUT2D eigenvalue weighted by Gasteiger charge is -2.02. The highest BCUT2D eigenvalue weighted by Crippen LogP contribution is 2.11. The maximum Gasteiger partial charge on any atom is 0.307 e. The molecule has 1 rings (SSSR count). The van der Waals surface area contributed by atoms with Crippen molar-refractivity contribution in [1.29, 1.82) is 0 Å². The molecule has 1 aromatic carbocycles. The number of carbonyl (C=O) groups excluding carboxylic acids is 1. The monoisotopic (exact) mass is 233 g/mol. The SMILES string of the molecule is CC(=O)NCC=Cc1ccccc1CC(=O)O. The summed E-state index contributed by atoms with van der Waals surface area (Å²) in [4.78, 5) is 21.3. The van der Waals surface area contributed by atoms with Crippen LogP contribution in [0.15, 0.2) is 30.3 Å². The van der Waals surface area contributed by atoms with E-state index < -0.39 is 5.97 Å². The van der Waals surface area contributed by atoms with Crippen LogP contribution in [0.2, 0.25) is 0 Å². The molecule has 17 heavy (non-hydrogen) atoms. The van der Waals surface area contributed by atoms with Crippen molar-refractivity contribution in [1.82, 2.24) is 5.32 Å². The molecule has 1 aromatic rings. The minimum atomic E-state index is -0.854. The second-order valence-corrected chi connectivity index (χ2v) is 3.61. The first-order valence-corrected chi connectivity index (χ1v) is 5.30. The van der Waals surface area contributed by atoms with E-state index in [9.17, 15) is 9.59 Å². The van der Waals surface area contributed by atoms with Gasteiger partial charge >= 0.3 is 5.97 Å². The molecule has 0 spiro atoms. The van der Waals surface area contributed by atoms with E-state index in [4.69, 9.17) is 5.11 Å². The van der Waals surface area contributed by atoms with Gasteiger partial charge in [0.25, 0.3) is 0 Å². The maximum atomic E-state index is 10.7. The molecular formula is C13H15NO3. The van der Waals surface area contributed by atoms with Crippen LogP contribution in [0.4, 0.5) is 0 Å². The van der Waals surface area contributed by atoms with E-state index in [0.717, 1.165) is 11.1 Å². The van der Waals surface area contributed by atoms with Crippen molar-refractivity contribution < 1.29 is 14.7 Å². The molecule has 0 radical (unpaired) electrons. The zero-order chi connectivity index (χ0) is 12.7. The first kappa shape index (κ1) is 13.0. The first-order valence-electron chi connectivity index (χ1n) is 5.30. The normalized spacial score (nSPS) is 10.4. The van der Waals surface area contributed by atoms with Gasteiger partial charge in [-0.25, -0.2) is 0 Å². The summed E-state index contributed by atoms with van der Waals surface area (Å²) in [5.41, 5.74) is 1.62. The van der Waals surface area contributed by atoms with Gasteiger partial charge in [-0.05, 0) is 11.1 Å². The molecule has 0 heterocycles. The number of carboxylic acids is 1. The number of benzene rings is 1. The van der Waals surface area contributed by atoms with Gasteiger partial charge in [0.1, 0.15) is 0 Å². The van der Waals surface area contributed by atoms with E-state index >= 15 is 0 Å². The smallest absolute Gasteiger partial charge is 0.307 e. The highest BCUT2D eigenvalue weighted by atomic mass is 16.4. The molecule has 4 nitrogen and oxygen atoms in total. The first-order chi connectivity index (χ1) is 8.09. The van der Waals surface area contributed by atoms with Gasteiger partial charge in [0.05, 0.1) is 6.42 Å². The standard InChI is InChI=1S/C13H15NO3/c1-10(15)14-8-4-7-11-5-2-3-6-12(11)9-13(16)17/h2-7H,8-9H2,1H3,(H,14,15)(H,16,17). The summed E-state index contributed by atoms with van der Waals surface area (Å²) >= 11 is 0. The number of nitrogens with one attached hydrogen (secondary N) is 1. The maximum absolute atomic E-state index is 10.7. The summed E-state index contributed by atoms with van der Waals surface area (Å²) < 4.78 is 0. The predicted molar refractivity (Wildman–Crippen MR) is 65.5 cm³/mol. The van der Waals surface area contributed by atoms with Crippen molar-refractivity contribution in [3.05, 3.63) is 41.5 Å². The molecule has 1 amide bonds. The van der Waals surface area contributed by atoms with Crippen molar-refractivity contribution in [3.8, 4) is 0 Å². The summed E-state index contributed by atoms with van der Waals surface area (Å²) in [7, 11) is 0. The van der Waals surface area contributed by atoms with Gasteiger partial charge in [0.2, 0.25) is 5.91 Å². The van der Waals surface area contributed by atoms with Crippen LogP contribution < -0.4 is 5.32 Å². The Morgan fingerprint density at radius 3 is 2.71 bits per heavy atom. The summed E-state index contributed by atoms with van der Waals surface area (Å²) in [5, 5.41) is 11.4. The lowest BCUT2D eigenvalue weighted by Crippen LogP contribution is -2.19. The average Bonchev–Trinajstić information content (AvgIpc) is 2.25. The van der Waals surface area contributed by atoms with Crippen molar-refractivity contribution >= 4 is 18.0 Å². The minimum absolute atomic E-state index is 0.000645. The van der Waals surface area contributed by atoms with Crippen LogP contribution in [-0.2, 0) is 16.0 Å². The number of carboxylic acid groups (broad SMARTS) is 1. The van der Waals surface area contributed by atoms with Gasteiger partial charge in [-0.2, -0.15) is 0 Å². The Bertz CT molecular complexity index is 438. The van der Waals surface area contributed by atoms with Crippen molar-refractivity contribution in [2.45, 2.75) is 13.3 Å². The molecular weight excluding hydrogens is 218 g/mol. The second kappa shape index (κ2) is 6.48. The molecule has 4 heteroatoms. The average molecular weight is 233 g/mol. The number of aliphatic carboxylic acids is 1.